The van der Waals surface area contributed by atoms with E-state index in [0.29, 0.717) is 23.9 Å². The zero-order valence-corrected chi connectivity index (χ0v) is 14.0. The third-order valence-electron chi connectivity index (χ3n) is 4.29. The summed E-state index contributed by atoms with van der Waals surface area (Å²) >= 11 is 6.11. The van der Waals surface area contributed by atoms with E-state index >= 15 is 0 Å². The van der Waals surface area contributed by atoms with Crippen LogP contribution in [0.15, 0.2) is 30.3 Å². The summed E-state index contributed by atoms with van der Waals surface area (Å²) in [6.07, 6.45) is 0.803. The van der Waals surface area contributed by atoms with E-state index in [0.717, 1.165) is 19.0 Å². The van der Waals surface area contributed by atoms with Crippen molar-refractivity contribution in [3.63, 3.8) is 0 Å². The zero-order valence-electron chi connectivity index (χ0n) is 13.2. The van der Waals surface area contributed by atoms with Gasteiger partial charge in [0.1, 0.15) is 11.9 Å². The SMILES string of the molecule is N#Cc1ccc(N(Cc2cc(F)cc(F)c2F)C2CCNC2)cc1Cl. The van der Waals surface area contributed by atoms with Crippen LogP contribution < -0.4 is 10.2 Å². The lowest BCUT2D eigenvalue weighted by Crippen LogP contribution is -2.36. The van der Waals surface area contributed by atoms with Gasteiger partial charge in [0.05, 0.1) is 10.6 Å². The van der Waals surface area contributed by atoms with Gasteiger partial charge in [-0.15, -0.1) is 0 Å². The van der Waals surface area contributed by atoms with Crippen molar-refractivity contribution in [2.24, 2.45) is 0 Å². The van der Waals surface area contributed by atoms with Crippen molar-refractivity contribution in [1.82, 2.24) is 5.32 Å². The summed E-state index contributed by atoms with van der Waals surface area (Å²) in [5.74, 6) is -3.09. The Kier molecular flexibility index (Phi) is 5.16. The molecule has 3 rings (SSSR count). The summed E-state index contributed by atoms with van der Waals surface area (Å²) in [7, 11) is 0. The van der Waals surface area contributed by atoms with E-state index in [9.17, 15) is 13.2 Å². The van der Waals surface area contributed by atoms with Gasteiger partial charge < -0.3 is 10.2 Å². The Morgan fingerprint density at radius 3 is 2.68 bits per heavy atom. The third kappa shape index (κ3) is 3.73. The number of rotatable bonds is 4. The van der Waals surface area contributed by atoms with E-state index in [-0.39, 0.29) is 23.2 Å². The Labute approximate surface area is 148 Å². The molecule has 1 heterocycles. The Morgan fingerprint density at radius 1 is 1.24 bits per heavy atom. The van der Waals surface area contributed by atoms with Gasteiger partial charge in [0.15, 0.2) is 11.6 Å². The average molecular weight is 366 g/mol. The van der Waals surface area contributed by atoms with Crippen molar-refractivity contribution >= 4 is 17.3 Å². The van der Waals surface area contributed by atoms with Gasteiger partial charge in [-0.2, -0.15) is 5.26 Å². The number of benzene rings is 2. The molecule has 0 spiro atoms. The molecule has 25 heavy (non-hydrogen) atoms. The quantitative estimate of drug-likeness (QED) is 0.832. The fourth-order valence-corrected chi connectivity index (χ4v) is 3.23. The summed E-state index contributed by atoms with van der Waals surface area (Å²) in [4.78, 5) is 1.85. The van der Waals surface area contributed by atoms with Crippen molar-refractivity contribution in [2.45, 2.75) is 19.0 Å². The van der Waals surface area contributed by atoms with Gasteiger partial charge >= 0.3 is 0 Å². The molecule has 0 amide bonds. The summed E-state index contributed by atoms with van der Waals surface area (Å²) in [5, 5.41) is 12.5. The lowest BCUT2D eigenvalue weighted by atomic mass is 10.1. The zero-order chi connectivity index (χ0) is 18.0. The molecule has 2 aromatic carbocycles. The summed E-state index contributed by atoms with van der Waals surface area (Å²) in [6, 6.07) is 8.43. The van der Waals surface area contributed by atoms with Crippen LogP contribution in [0.1, 0.15) is 17.5 Å². The number of hydrogen-bond donors (Lipinski definition) is 1. The first-order chi connectivity index (χ1) is 12.0. The molecule has 130 valence electrons. The van der Waals surface area contributed by atoms with Crippen LogP contribution in [0.25, 0.3) is 0 Å². The van der Waals surface area contributed by atoms with E-state index < -0.39 is 17.5 Å². The minimum Gasteiger partial charge on any atom is -0.363 e. The molecule has 1 unspecified atom stereocenters. The van der Waals surface area contributed by atoms with Crippen molar-refractivity contribution < 1.29 is 13.2 Å². The first kappa shape index (κ1) is 17.6. The molecule has 1 fully saturated rings. The van der Waals surface area contributed by atoms with E-state index in [1.54, 1.807) is 18.2 Å². The Morgan fingerprint density at radius 2 is 2.04 bits per heavy atom. The van der Waals surface area contributed by atoms with Crippen LogP contribution in [0.2, 0.25) is 5.02 Å². The monoisotopic (exact) mass is 365 g/mol. The minimum absolute atomic E-state index is 0.00487. The molecule has 7 heteroatoms. The number of nitrogens with zero attached hydrogens (tertiary/aromatic N) is 2. The van der Waals surface area contributed by atoms with Gasteiger partial charge in [0.2, 0.25) is 0 Å². The van der Waals surface area contributed by atoms with Gasteiger partial charge in [-0.1, -0.05) is 11.6 Å². The van der Waals surface area contributed by atoms with E-state index in [4.69, 9.17) is 16.9 Å². The minimum atomic E-state index is -1.21. The van der Waals surface area contributed by atoms with E-state index in [1.807, 2.05) is 11.0 Å². The van der Waals surface area contributed by atoms with Crippen LogP contribution in [0.5, 0.6) is 0 Å². The van der Waals surface area contributed by atoms with Crippen LogP contribution in [0.4, 0.5) is 18.9 Å². The Balaban J connectivity index is 1.99. The highest BCUT2D eigenvalue weighted by molar-refractivity contribution is 6.32. The molecule has 1 atom stereocenters. The third-order valence-corrected chi connectivity index (χ3v) is 4.60. The lowest BCUT2D eigenvalue weighted by Gasteiger charge is -2.31. The van der Waals surface area contributed by atoms with Gasteiger partial charge in [-0.25, -0.2) is 13.2 Å². The second kappa shape index (κ2) is 7.34. The van der Waals surface area contributed by atoms with Gasteiger partial charge in [-0.05, 0) is 37.2 Å². The maximum atomic E-state index is 14.1. The second-order valence-corrected chi connectivity index (χ2v) is 6.32. The van der Waals surface area contributed by atoms with Crippen LogP contribution in [0, 0.1) is 28.8 Å². The molecule has 0 radical (unpaired) electrons. The van der Waals surface area contributed by atoms with Crippen LogP contribution >= 0.6 is 11.6 Å². The highest BCUT2D eigenvalue weighted by Gasteiger charge is 2.25. The maximum absolute atomic E-state index is 14.1. The normalized spacial score (nSPS) is 16.7. The standard InChI is InChI=1S/C18H15ClF3N3/c19-16-7-14(2-1-11(16)8-23)25(15-3-4-24-9-15)10-12-5-13(20)6-17(21)18(12)22/h1-2,5-7,15,24H,3-4,9-10H2. The molecule has 2 aromatic rings. The number of hydrogen-bond acceptors (Lipinski definition) is 3. The molecular weight excluding hydrogens is 351 g/mol. The van der Waals surface area contributed by atoms with Gasteiger partial charge in [0.25, 0.3) is 0 Å². The van der Waals surface area contributed by atoms with E-state index in [2.05, 4.69) is 5.32 Å². The topological polar surface area (TPSA) is 39.1 Å². The lowest BCUT2D eigenvalue weighted by molar-refractivity contribution is 0.480. The first-order valence-corrected chi connectivity index (χ1v) is 8.18. The molecular formula is C18H15ClF3N3. The van der Waals surface area contributed by atoms with Gasteiger partial charge in [-0.3, -0.25) is 0 Å². The predicted octanol–water partition coefficient (Wildman–Crippen LogP) is 4.00. The molecule has 1 N–H and O–H groups in total. The molecule has 0 saturated carbocycles. The summed E-state index contributed by atoms with van der Waals surface area (Å²) < 4.78 is 41.1. The highest BCUT2D eigenvalue weighted by Crippen LogP contribution is 2.29. The number of halogens is 4. The summed E-state index contributed by atoms with van der Waals surface area (Å²) in [6.45, 7) is 1.46. The molecule has 0 aromatic heterocycles. The summed E-state index contributed by atoms with van der Waals surface area (Å²) in [5.41, 5.74) is 0.935. The van der Waals surface area contributed by atoms with Crippen molar-refractivity contribution in [2.75, 3.05) is 18.0 Å². The molecule has 3 nitrogen and oxygen atoms in total. The first-order valence-electron chi connectivity index (χ1n) is 7.80. The highest BCUT2D eigenvalue weighted by atomic mass is 35.5. The maximum Gasteiger partial charge on any atom is 0.164 e. The molecule has 1 aliphatic rings. The van der Waals surface area contributed by atoms with Crippen LogP contribution in [-0.2, 0) is 6.54 Å². The van der Waals surface area contributed by atoms with Crippen molar-refractivity contribution in [1.29, 1.82) is 5.26 Å². The molecule has 0 bridgehead atoms. The smallest absolute Gasteiger partial charge is 0.164 e. The van der Waals surface area contributed by atoms with Crippen LogP contribution in [-0.4, -0.2) is 19.1 Å². The van der Waals surface area contributed by atoms with Gasteiger partial charge in [0, 0.05) is 36.4 Å². The molecule has 1 saturated heterocycles. The second-order valence-electron chi connectivity index (χ2n) is 5.91. The average Bonchev–Trinajstić information content (AvgIpc) is 3.11. The molecule has 0 aliphatic carbocycles. The largest absolute Gasteiger partial charge is 0.363 e. The van der Waals surface area contributed by atoms with E-state index in [1.165, 1.54) is 0 Å². The van der Waals surface area contributed by atoms with Crippen molar-refractivity contribution in [3.8, 4) is 6.07 Å². The van der Waals surface area contributed by atoms with Crippen molar-refractivity contribution in [3.05, 3.63) is 63.9 Å². The number of nitriles is 1. The van der Waals surface area contributed by atoms with Crippen LogP contribution in [0.3, 0.4) is 0 Å². The fraction of sp³-hybridized carbons (Fsp3) is 0.278. The number of anilines is 1. The predicted molar refractivity (Wildman–Crippen MR) is 89.9 cm³/mol. The Hall–Kier alpha value is -2.23. The Bertz CT molecular complexity index is 829. The molecule has 1 aliphatic heterocycles. The number of nitrogens with one attached hydrogen (secondary N) is 1. The fourth-order valence-electron chi connectivity index (χ4n) is 3.02.